The number of ketones is 1. The Labute approximate surface area is 166 Å². The molecule has 2 aromatic rings. The third kappa shape index (κ3) is 3.04. The molecule has 142 valence electrons. The van der Waals surface area contributed by atoms with Gasteiger partial charge in [-0.3, -0.25) is 9.79 Å². The van der Waals surface area contributed by atoms with E-state index in [9.17, 15) is 4.79 Å². The lowest BCUT2D eigenvalue weighted by Gasteiger charge is -2.23. The molecule has 0 N–H and O–H groups in total. The summed E-state index contributed by atoms with van der Waals surface area (Å²) in [6.45, 7) is 4.45. The summed E-state index contributed by atoms with van der Waals surface area (Å²) >= 11 is 0. The number of nitrogens with zero attached hydrogens (tertiary/aromatic N) is 1. The predicted octanol–water partition coefficient (Wildman–Crippen LogP) is 4.73. The van der Waals surface area contributed by atoms with Crippen molar-refractivity contribution < 1.29 is 9.53 Å². The number of hydrogen-bond acceptors (Lipinski definition) is 3. The standard InChI is InChI=1S/C25H25NO2/c1-16(17-5-3-2-4-6-17)25(27)21-11-19-13-22-15-26-24(18-7-9-28-10-8-18)23(22)14-20(19)12-21/h2-6,12-14,16,18H,7-11,15H2,1H3/t16-/m0/s1. The molecule has 1 atom stereocenters. The molecular weight excluding hydrogens is 346 g/mol. The summed E-state index contributed by atoms with van der Waals surface area (Å²) in [6.07, 6.45) is 4.97. The number of carbonyl (C=O) groups is 1. The Balaban J connectivity index is 1.40. The smallest absolute Gasteiger partial charge is 0.166 e. The lowest BCUT2D eigenvalue weighted by Crippen LogP contribution is -2.23. The van der Waals surface area contributed by atoms with Crippen LogP contribution in [0.4, 0.5) is 0 Å². The molecule has 1 aliphatic carbocycles. The van der Waals surface area contributed by atoms with Crippen molar-refractivity contribution in [3.8, 4) is 0 Å². The van der Waals surface area contributed by atoms with Crippen LogP contribution >= 0.6 is 0 Å². The SMILES string of the molecule is C[C@H](C(=O)C1=Cc2cc3c(cc2C1)CN=C3C1CCOCC1)c1ccccc1. The molecule has 0 unspecified atom stereocenters. The Morgan fingerprint density at radius 3 is 2.68 bits per heavy atom. The van der Waals surface area contributed by atoms with Crippen LogP contribution in [-0.4, -0.2) is 24.7 Å². The Morgan fingerprint density at radius 1 is 1.11 bits per heavy atom. The Bertz CT molecular complexity index is 981. The van der Waals surface area contributed by atoms with E-state index in [0.717, 1.165) is 50.2 Å². The number of aliphatic imine (C=N–C) groups is 1. The minimum Gasteiger partial charge on any atom is -0.381 e. The highest BCUT2D eigenvalue weighted by atomic mass is 16.5. The maximum absolute atomic E-state index is 13.1. The summed E-state index contributed by atoms with van der Waals surface area (Å²) in [6, 6.07) is 14.6. The van der Waals surface area contributed by atoms with Gasteiger partial charge in [-0.25, -0.2) is 0 Å². The van der Waals surface area contributed by atoms with Crippen molar-refractivity contribution in [3.63, 3.8) is 0 Å². The number of carbonyl (C=O) groups excluding carboxylic acids is 1. The second-order valence-corrected chi connectivity index (χ2v) is 8.14. The average Bonchev–Trinajstić information content (AvgIpc) is 3.35. The summed E-state index contributed by atoms with van der Waals surface area (Å²) in [4.78, 5) is 17.9. The Morgan fingerprint density at radius 2 is 1.89 bits per heavy atom. The first-order valence-electron chi connectivity index (χ1n) is 10.3. The van der Waals surface area contributed by atoms with E-state index in [1.54, 1.807) is 0 Å². The molecule has 1 saturated heterocycles. The molecule has 3 nitrogen and oxygen atoms in total. The van der Waals surface area contributed by atoms with E-state index in [0.29, 0.717) is 5.92 Å². The Hall–Kier alpha value is -2.52. The molecule has 1 fully saturated rings. The highest BCUT2D eigenvalue weighted by Crippen LogP contribution is 2.35. The quantitative estimate of drug-likeness (QED) is 0.779. The number of fused-ring (bicyclic) bond motifs is 2. The second-order valence-electron chi connectivity index (χ2n) is 8.14. The number of Topliss-reactive ketones (excluding diaryl/α,β-unsaturated/α-hetero) is 1. The van der Waals surface area contributed by atoms with Crippen molar-refractivity contribution in [2.75, 3.05) is 13.2 Å². The molecule has 0 spiro atoms. The first-order valence-corrected chi connectivity index (χ1v) is 10.3. The number of allylic oxidation sites excluding steroid dienone is 1. The van der Waals surface area contributed by atoms with Crippen LogP contribution in [-0.2, 0) is 22.5 Å². The molecule has 2 aliphatic heterocycles. The van der Waals surface area contributed by atoms with Gasteiger partial charge in [-0.15, -0.1) is 0 Å². The van der Waals surface area contributed by atoms with Crippen LogP contribution in [0.1, 0.15) is 53.5 Å². The minimum atomic E-state index is -0.104. The third-order valence-electron chi connectivity index (χ3n) is 6.39. The van der Waals surface area contributed by atoms with Gasteiger partial charge in [0.1, 0.15) is 0 Å². The zero-order valence-electron chi connectivity index (χ0n) is 16.3. The normalized spacial score (nSPS) is 19.6. The van der Waals surface area contributed by atoms with Crippen molar-refractivity contribution >= 4 is 17.6 Å². The average molecular weight is 371 g/mol. The fraction of sp³-hybridized carbons (Fsp3) is 0.360. The van der Waals surface area contributed by atoms with Gasteiger partial charge in [-0.05, 0) is 47.2 Å². The molecule has 2 aromatic carbocycles. The van der Waals surface area contributed by atoms with E-state index in [-0.39, 0.29) is 11.7 Å². The summed E-state index contributed by atoms with van der Waals surface area (Å²) in [5, 5.41) is 0. The maximum Gasteiger partial charge on any atom is 0.166 e. The van der Waals surface area contributed by atoms with Crippen LogP contribution < -0.4 is 0 Å². The van der Waals surface area contributed by atoms with Crippen molar-refractivity contribution in [1.82, 2.24) is 0 Å². The summed E-state index contributed by atoms with van der Waals surface area (Å²) in [5.41, 5.74) is 8.35. The monoisotopic (exact) mass is 371 g/mol. The van der Waals surface area contributed by atoms with Crippen molar-refractivity contribution in [3.05, 3.63) is 75.9 Å². The van der Waals surface area contributed by atoms with Crippen molar-refractivity contribution in [2.45, 2.75) is 38.6 Å². The molecule has 3 aliphatic rings. The fourth-order valence-corrected chi connectivity index (χ4v) is 4.72. The lowest BCUT2D eigenvalue weighted by molar-refractivity contribution is -0.116. The maximum atomic E-state index is 13.1. The number of ether oxygens (including phenoxy) is 1. The van der Waals surface area contributed by atoms with Crippen LogP contribution in [0, 0.1) is 5.92 Å². The van der Waals surface area contributed by atoms with Crippen LogP contribution in [0.25, 0.3) is 6.08 Å². The topological polar surface area (TPSA) is 38.7 Å². The molecule has 0 amide bonds. The van der Waals surface area contributed by atoms with E-state index in [1.807, 2.05) is 37.3 Å². The highest BCUT2D eigenvalue weighted by molar-refractivity contribution is 6.08. The van der Waals surface area contributed by atoms with E-state index in [4.69, 9.17) is 9.73 Å². The van der Waals surface area contributed by atoms with Gasteiger partial charge in [-0.2, -0.15) is 0 Å². The van der Waals surface area contributed by atoms with Gasteiger partial charge in [0.15, 0.2) is 5.78 Å². The molecule has 2 heterocycles. The zero-order chi connectivity index (χ0) is 19.1. The predicted molar refractivity (Wildman–Crippen MR) is 112 cm³/mol. The van der Waals surface area contributed by atoms with Crippen molar-refractivity contribution in [1.29, 1.82) is 0 Å². The molecule has 28 heavy (non-hydrogen) atoms. The molecule has 0 radical (unpaired) electrons. The van der Waals surface area contributed by atoms with Crippen LogP contribution in [0.3, 0.4) is 0 Å². The zero-order valence-corrected chi connectivity index (χ0v) is 16.3. The van der Waals surface area contributed by atoms with Gasteiger partial charge in [0.25, 0.3) is 0 Å². The van der Waals surface area contributed by atoms with Gasteiger partial charge < -0.3 is 4.74 Å². The fourth-order valence-electron chi connectivity index (χ4n) is 4.72. The number of rotatable bonds is 4. The molecular formula is C25H25NO2. The highest BCUT2D eigenvalue weighted by Gasteiger charge is 2.29. The minimum absolute atomic E-state index is 0.104. The number of hydrogen-bond donors (Lipinski definition) is 0. The Kier molecular flexibility index (Phi) is 4.48. The number of benzene rings is 2. The van der Waals surface area contributed by atoms with Gasteiger partial charge in [0.2, 0.25) is 0 Å². The first-order chi connectivity index (χ1) is 13.7. The molecule has 0 saturated carbocycles. The largest absolute Gasteiger partial charge is 0.381 e. The summed E-state index contributed by atoms with van der Waals surface area (Å²) in [5.74, 6) is 0.645. The van der Waals surface area contributed by atoms with Crippen LogP contribution in [0.5, 0.6) is 0 Å². The van der Waals surface area contributed by atoms with E-state index < -0.39 is 0 Å². The van der Waals surface area contributed by atoms with E-state index in [2.05, 4.69) is 18.2 Å². The lowest BCUT2D eigenvalue weighted by atomic mass is 9.88. The molecule has 0 aromatic heterocycles. The van der Waals surface area contributed by atoms with Crippen LogP contribution in [0.2, 0.25) is 0 Å². The van der Waals surface area contributed by atoms with Gasteiger partial charge >= 0.3 is 0 Å². The van der Waals surface area contributed by atoms with E-state index in [1.165, 1.54) is 28.0 Å². The van der Waals surface area contributed by atoms with Gasteiger partial charge in [0, 0.05) is 48.3 Å². The van der Waals surface area contributed by atoms with E-state index >= 15 is 0 Å². The second kappa shape index (κ2) is 7.14. The van der Waals surface area contributed by atoms with Crippen molar-refractivity contribution in [2.24, 2.45) is 10.9 Å². The summed E-state index contributed by atoms with van der Waals surface area (Å²) < 4.78 is 5.52. The molecule has 0 bridgehead atoms. The summed E-state index contributed by atoms with van der Waals surface area (Å²) in [7, 11) is 0. The van der Waals surface area contributed by atoms with Crippen LogP contribution in [0.15, 0.2) is 53.0 Å². The van der Waals surface area contributed by atoms with Gasteiger partial charge in [-0.1, -0.05) is 43.3 Å². The first kappa shape index (κ1) is 17.6. The molecule has 5 rings (SSSR count). The third-order valence-corrected chi connectivity index (χ3v) is 6.39. The molecule has 3 heteroatoms. The van der Waals surface area contributed by atoms with Gasteiger partial charge in [0.05, 0.1) is 6.54 Å².